The quantitative estimate of drug-likeness (QED) is 0.336. The first-order chi connectivity index (χ1) is 7.81. The molecule has 0 aromatic carbocycles. The Morgan fingerprint density at radius 3 is 2.56 bits per heavy atom. The second kappa shape index (κ2) is 12.0. The van der Waals surface area contributed by atoms with Crippen molar-refractivity contribution in [1.29, 1.82) is 0 Å². The van der Waals surface area contributed by atoms with Gasteiger partial charge in [0.2, 0.25) is 0 Å². The molecule has 0 radical (unpaired) electrons. The molecule has 0 saturated carbocycles. The molecule has 0 aliphatic carbocycles. The third-order valence-electron chi connectivity index (χ3n) is 2.26. The van der Waals surface area contributed by atoms with Crippen molar-refractivity contribution >= 4 is 5.97 Å². The summed E-state index contributed by atoms with van der Waals surface area (Å²) in [6.07, 6.45) is 14.0. The van der Waals surface area contributed by atoms with Gasteiger partial charge in [0.25, 0.3) is 0 Å². The fourth-order valence-electron chi connectivity index (χ4n) is 1.33. The van der Waals surface area contributed by atoms with Crippen LogP contribution in [-0.4, -0.2) is 12.6 Å². The van der Waals surface area contributed by atoms with Crippen LogP contribution in [-0.2, 0) is 9.53 Å². The van der Waals surface area contributed by atoms with Crippen LogP contribution < -0.4 is 0 Å². The van der Waals surface area contributed by atoms with Gasteiger partial charge in [-0.15, -0.1) is 0 Å². The Labute approximate surface area is 99.4 Å². The Balaban J connectivity index is 3.31. The third kappa shape index (κ3) is 11.0. The molecule has 0 aliphatic rings. The predicted octanol–water partition coefficient (Wildman–Crippen LogP) is 4.02. The predicted molar refractivity (Wildman–Crippen MR) is 68.3 cm³/mol. The monoisotopic (exact) mass is 224 g/mol. The van der Waals surface area contributed by atoms with E-state index in [0.717, 1.165) is 12.8 Å². The number of esters is 1. The highest BCUT2D eigenvalue weighted by Gasteiger charge is 2.00. The fraction of sp³-hybridized carbons (Fsp3) is 0.643. The SMILES string of the molecule is C/C=C/C=C/COC(=O)CCCCCCC. The van der Waals surface area contributed by atoms with E-state index < -0.39 is 0 Å². The van der Waals surface area contributed by atoms with Crippen molar-refractivity contribution in [2.45, 2.75) is 52.4 Å². The van der Waals surface area contributed by atoms with Crippen LogP contribution in [0.2, 0.25) is 0 Å². The average molecular weight is 224 g/mol. The zero-order valence-electron chi connectivity index (χ0n) is 10.6. The van der Waals surface area contributed by atoms with E-state index in [2.05, 4.69) is 6.92 Å². The lowest BCUT2D eigenvalue weighted by Crippen LogP contribution is -2.03. The van der Waals surface area contributed by atoms with E-state index in [1.165, 1.54) is 19.3 Å². The molecule has 16 heavy (non-hydrogen) atoms. The number of hydrogen-bond acceptors (Lipinski definition) is 2. The van der Waals surface area contributed by atoms with E-state index in [-0.39, 0.29) is 5.97 Å². The molecule has 2 heteroatoms. The number of allylic oxidation sites excluding steroid dienone is 3. The van der Waals surface area contributed by atoms with Crippen LogP contribution >= 0.6 is 0 Å². The summed E-state index contributed by atoms with van der Waals surface area (Å²) in [5.41, 5.74) is 0. The molecule has 0 heterocycles. The van der Waals surface area contributed by atoms with Crippen molar-refractivity contribution in [3.63, 3.8) is 0 Å². The smallest absolute Gasteiger partial charge is 0.306 e. The number of carbonyl (C=O) groups excluding carboxylic acids is 1. The third-order valence-corrected chi connectivity index (χ3v) is 2.26. The summed E-state index contributed by atoms with van der Waals surface area (Å²) in [7, 11) is 0. The second-order valence-corrected chi connectivity index (χ2v) is 3.80. The minimum atomic E-state index is -0.0818. The maximum absolute atomic E-state index is 11.2. The van der Waals surface area contributed by atoms with E-state index in [4.69, 9.17) is 4.74 Å². The number of ether oxygens (including phenoxy) is 1. The first kappa shape index (κ1) is 14.9. The van der Waals surface area contributed by atoms with Crippen molar-refractivity contribution in [1.82, 2.24) is 0 Å². The average Bonchev–Trinajstić information content (AvgIpc) is 2.28. The van der Waals surface area contributed by atoms with Crippen molar-refractivity contribution in [2.75, 3.05) is 6.61 Å². The number of unbranched alkanes of at least 4 members (excludes halogenated alkanes) is 4. The van der Waals surface area contributed by atoms with Crippen LogP contribution in [0.3, 0.4) is 0 Å². The first-order valence-corrected chi connectivity index (χ1v) is 6.24. The molecule has 0 spiro atoms. The van der Waals surface area contributed by atoms with Gasteiger partial charge in [0, 0.05) is 6.42 Å². The van der Waals surface area contributed by atoms with E-state index in [9.17, 15) is 4.79 Å². The molecular formula is C14H24O2. The van der Waals surface area contributed by atoms with Gasteiger partial charge in [-0.3, -0.25) is 4.79 Å². The van der Waals surface area contributed by atoms with Crippen LogP contribution in [0, 0.1) is 0 Å². The molecule has 0 saturated heterocycles. The summed E-state index contributed by atoms with van der Waals surface area (Å²) < 4.78 is 5.04. The molecular weight excluding hydrogens is 200 g/mol. The van der Waals surface area contributed by atoms with Gasteiger partial charge in [-0.2, -0.15) is 0 Å². The van der Waals surface area contributed by atoms with Crippen molar-refractivity contribution in [3.05, 3.63) is 24.3 Å². The zero-order chi connectivity index (χ0) is 12.1. The molecule has 0 unspecified atom stereocenters. The summed E-state index contributed by atoms with van der Waals surface area (Å²) in [6, 6.07) is 0. The van der Waals surface area contributed by atoms with Crippen molar-refractivity contribution in [3.8, 4) is 0 Å². The first-order valence-electron chi connectivity index (χ1n) is 6.24. The van der Waals surface area contributed by atoms with E-state index >= 15 is 0 Å². The molecule has 0 atom stereocenters. The van der Waals surface area contributed by atoms with Gasteiger partial charge in [0.1, 0.15) is 6.61 Å². The van der Waals surface area contributed by atoms with Gasteiger partial charge in [0.05, 0.1) is 0 Å². The minimum Gasteiger partial charge on any atom is -0.461 e. The Kier molecular flexibility index (Phi) is 11.2. The van der Waals surface area contributed by atoms with E-state index in [0.29, 0.717) is 13.0 Å². The van der Waals surface area contributed by atoms with Gasteiger partial charge < -0.3 is 4.74 Å². The summed E-state index contributed by atoms with van der Waals surface area (Å²) in [5.74, 6) is -0.0818. The fourth-order valence-corrected chi connectivity index (χ4v) is 1.33. The van der Waals surface area contributed by atoms with Gasteiger partial charge in [0.15, 0.2) is 0 Å². The molecule has 0 amide bonds. The van der Waals surface area contributed by atoms with Crippen molar-refractivity contribution in [2.24, 2.45) is 0 Å². The summed E-state index contributed by atoms with van der Waals surface area (Å²) in [6.45, 7) is 4.52. The van der Waals surface area contributed by atoms with E-state index in [1.807, 2.05) is 31.2 Å². The lowest BCUT2D eigenvalue weighted by Gasteiger charge is -2.01. The molecule has 0 aromatic heterocycles. The number of rotatable bonds is 9. The Bertz CT molecular complexity index is 217. The highest BCUT2D eigenvalue weighted by atomic mass is 16.5. The van der Waals surface area contributed by atoms with Crippen LogP contribution in [0.5, 0.6) is 0 Å². The highest BCUT2D eigenvalue weighted by molar-refractivity contribution is 5.69. The van der Waals surface area contributed by atoms with Crippen LogP contribution in [0.4, 0.5) is 0 Å². The van der Waals surface area contributed by atoms with Crippen LogP contribution in [0.1, 0.15) is 52.4 Å². The van der Waals surface area contributed by atoms with Gasteiger partial charge >= 0.3 is 5.97 Å². The molecule has 0 aliphatic heterocycles. The second-order valence-electron chi connectivity index (χ2n) is 3.80. The molecule has 0 bridgehead atoms. The number of hydrogen-bond donors (Lipinski definition) is 0. The van der Waals surface area contributed by atoms with E-state index in [1.54, 1.807) is 0 Å². The standard InChI is InChI=1S/C14H24O2/c1-3-5-7-9-10-12-14(15)16-13-11-8-6-4-2/h4,6,8,11H,3,5,7,9-10,12-13H2,1-2H3/b6-4+,11-8+. The van der Waals surface area contributed by atoms with Crippen LogP contribution in [0.25, 0.3) is 0 Å². The zero-order valence-corrected chi connectivity index (χ0v) is 10.6. The lowest BCUT2D eigenvalue weighted by molar-refractivity contribution is -0.142. The summed E-state index contributed by atoms with van der Waals surface area (Å²) >= 11 is 0. The highest BCUT2D eigenvalue weighted by Crippen LogP contribution is 2.05. The molecule has 92 valence electrons. The summed E-state index contributed by atoms with van der Waals surface area (Å²) in [4.78, 5) is 11.2. The van der Waals surface area contributed by atoms with Gasteiger partial charge in [-0.05, 0) is 19.4 Å². The summed E-state index contributed by atoms with van der Waals surface area (Å²) in [5, 5.41) is 0. The molecule has 0 aromatic rings. The molecule has 0 fully saturated rings. The Morgan fingerprint density at radius 1 is 1.12 bits per heavy atom. The van der Waals surface area contributed by atoms with Crippen LogP contribution in [0.15, 0.2) is 24.3 Å². The normalized spacial score (nSPS) is 11.4. The Hall–Kier alpha value is -1.05. The van der Waals surface area contributed by atoms with Crippen molar-refractivity contribution < 1.29 is 9.53 Å². The molecule has 0 N–H and O–H groups in total. The maximum Gasteiger partial charge on any atom is 0.306 e. The number of carbonyl (C=O) groups is 1. The minimum absolute atomic E-state index is 0.0818. The largest absolute Gasteiger partial charge is 0.461 e. The van der Waals surface area contributed by atoms with Gasteiger partial charge in [-0.1, -0.05) is 50.8 Å². The maximum atomic E-state index is 11.2. The Morgan fingerprint density at radius 2 is 1.88 bits per heavy atom. The molecule has 2 nitrogen and oxygen atoms in total. The lowest BCUT2D eigenvalue weighted by atomic mass is 10.1. The van der Waals surface area contributed by atoms with Gasteiger partial charge in [-0.25, -0.2) is 0 Å². The topological polar surface area (TPSA) is 26.3 Å². The molecule has 0 rings (SSSR count).